The number of aryl methyl sites for hydroxylation is 1. The van der Waals surface area contributed by atoms with Crippen LogP contribution >= 0.6 is 0 Å². The van der Waals surface area contributed by atoms with Gasteiger partial charge in [0.1, 0.15) is 0 Å². The molecule has 29 heavy (non-hydrogen) atoms. The van der Waals surface area contributed by atoms with Gasteiger partial charge < -0.3 is 5.11 Å². The minimum Gasteiger partial charge on any atom is -0.393 e. The van der Waals surface area contributed by atoms with Crippen LogP contribution in [-0.4, -0.2) is 26.8 Å². The number of fused-ring (bicyclic) bond motifs is 5. The van der Waals surface area contributed by atoms with Crippen LogP contribution in [0.25, 0.3) is 6.08 Å². The highest BCUT2D eigenvalue weighted by atomic mass is 16.3. The van der Waals surface area contributed by atoms with E-state index in [0.717, 1.165) is 62.8 Å². The Bertz CT molecular complexity index is 896. The summed E-state index contributed by atoms with van der Waals surface area (Å²) in [7, 11) is 0. The normalized spacial score (nSPS) is 43.0. The molecule has 156 valence electrons. The molecule has 1 aromatic heterocycles. The van der Waals surface area contributed by atoms with Gasteiger partial charge >= 0.3 is 0 Å². The Morgan fingerprint density at radius 2 is 2.00 bits per heavy atom. The fourth-order valence-electron chi connectivity index (χ4n) is 7.25. The van der Waals surface area contributed by atoms with Gasteiger partial charge in [-0.15, -0.1) is 0 Å². The molecule has 0 saturated heterocycles. The number of allylic oxidation sites excluding steroid dienone is 2. The van der Waals surface area contributed by atoms with Crippen molar-refractivity contribution in [2.45, 2.75) is 78.4 Å². The topological polar surface area (TPSA) is 55.1 Å². The van der Waals surface area contributed by atoms with Crippen LogP contribution in [0.3, 0.4) is 0 Å². The van der Waals surface area contributed by atoms with E-state index in [1.54, 1.807) is 0 Å². The second kappa shape index (κ2) is 6.66. The van der Waals surface area contributed by atoms with Crippen molar-refractivity contribution in [1.82, 2.24) is 9.78 Å². The van der Waals surface area contributed by atoms with E-state index in [1.807, 2.05) is 16.9 Å². The van der Waals surface area contributed by atoms with Gasteiger partial charge in [-0.25, -0.2) is 0 Å². The van der Waals surface area contributed by atoms with Crippen molar-refractivity contribution in [3.63, 3.8) is 0 Å². The zero-order valence-corrected chi connectivity index (χ0v) is 18.0. The van der Waals surface area contributed by atoms with Gasteiger partial charge in [-0.1, -0.05) is 25.5 Å². The summed E-state index contributed by atoms with van der Waals surface area (Å²) in [6, 6.07) is 2.01. The number of aromatic nitrogens is 2. The standard InChI is InChI=1S/C25H34N2O2/c1-4-27-12-9-18(26-27)13-16-14-22-20-6-5-17-15-19(28)7-10-24(17,2)21(20)8-11-25(22,3)23(16)29/h5,9,12-13,19-22,28H,4,6-8,10-11,14-15H2,1-3H3/b16-13+/t19-,20-,21+,22+,24-,25+/m0/s1. The molecule has 4 aliphatic carbocycles. The van der Waals surface area contributed by atoms with Crippen LogP contribution < -0.4 is 0 Å². The third-order valence-electron chi connectivity index (χ3n) is 9.03. The monoisotopic (exact) mass is 394 g/mol. The molecular formula is C25H34N2O2. The fraction of sp³-hybridized carbons (Fsp3) is 0.680. The maximum Gasteiger partial charge on any atom is 0.165 e. The average Bonchev–Trinajstić information content (AvgIpc) is 3.26. The van der Waals surface area contributed by atoms with Crippen molar-refractivity contribution in [3.8, 4) is 0 Å². The molecule has 1 aromatic rings. The highest BCUT2D eigenvalue weighted by molar-refractivity contribution is 6.05. The molecular weight excluding hydrogens is 360 g/mol. The average molecular weight is 395 g/mol. The van der Waals surface area contributed by atoms with E-state index in [-0.39, 0.29) is 16.9 Å². The molecule has 1 N–H and O–H groups in total. The van der Waals surface area contributed by atoms with E-state index in [1.165, 1.54) is 5.57 Å². The summed E-state index contributed by atoms with van der Waals surface area (Å²) in [5, 5.41) is 14.8. The van der Waals surface area contributed by atoms with Crippen molar-refractivity contribution >= 4 is 11.9 Å². The predicted octanol–water partition coefficient (Wildman–Crippen LogP) is 4.79. The summed E-state index contributed by atoms with van der Waals surface area (Å²) in [4.78, 5) is 13.5. The highest BCUT2D eigenvalue weighted by Crippen LogP contribution is 2.64. The van der Waals surface area contributed by atoms with Crippen molar-refractivity contribution in [2.75, 3.05) is 0 Å². The molecule has 3 fully saturated rings. The van der Waals surface area contributed by atoms with Gasteiger partial charge in [0.2, 0.25) is 0 Å². The van der Waals surface area contributed by atoms with Crippen LogP contribution in [-0.2, 0) is 11.3 Å². The lowest BCUT2D eigenvalue weighted by Gasteiger charge is -2.56. The third kappa shape index (κ3) is 2.82. The van der Waals surface area contributed by atoms with E-state index in [9.17, 15) is 9.90 Å². The number of hydrogen-bond acceptors (Lipinski definition) is 3. The van der Waals surface area contributed by atoms with Crippen molar-refractivity contribution in [1.29, 1.82) is 0 Å². The van der Waals surface area contributed by atoms with E-state index in [4.69, 9.17) is 0 Å². The predicted molar refractivity (Wildman–Crippen MR) is 114 cm³/mol. The zero-order chi connectivity index (χ0) is 20.4. The number of carbonyl (C=O) groups excluding carboxylic acids is 1. The molecule has 0 aliphatic heterocycles. The van der Waals surface area contributed by atoms with E-state index in [2.05, 4.69) is 38.0 Å². The van der Waals surface area contributed by atoms with Gasteiger partial charge in [0, 0.05) is 18.2 Å². The van der Waals surface area contributed by atoms with Crippen LogP contribution in [0.5, 0.6) is 0 Å². The highest BCUT2D eigenvalue weighted by Gasteiger charge is 2.59. The maximum atomic E-state index is 13.5. The summed E-state index contributed by atoms with van der Waals surface area (Å²) in [5.74, 6) is 2.04. The molecule has 4 heteroatoms. The molecule has 5 rings (SSSR count). The first-order chi connectivity index (χ1) is 13.8. The number of Topliss-reactive ketones (excluding diaryl/α,β-unsaturated/α-hetero) is 1. The second-order valence-corrected chi connectivity index (χ2v) is 10.4. The summed E-state index contributed by atoms with van der Waals surface area (Å²) >= 11 is 0. The van der Waals surface area contributed by atoms with Crippen LogP contribution in [0.4, 0.5) is 0 Å². The Morgan fingerprint density at radius 3 is 2.76 bits per heavy atom. The Kier molecular flexibility index (Phi) is 4.43. The van der Waals surface area contributed by atoms with Crippen molar-refractivity contribution in [3.05, 3.63) is 35.2 Å². The first-order valence-corrected chi connectivity index (χ1v) is 11.5. The Hall–Kier alpha value is -1.68. The lowest BCUT2D eigenvalue weighted by molar-refractivity contribution is -0.130. The molecule has 1 heterocycles. The first-order valence-electron chi connectivity index (χ1n) is 11.5. The number of aliphatic hydroxyl groups is 1. The van der Waals surface area contributed by atoms with Gasteiger partial charge in [0.15, 0.2) is 5.78 Å². The fourth-order valence-corrected chi connectivity index (χ4v) is 7.25. The van der Waals surface area contributed by atoms with Gasteiger partial charge in [0.25, 0.3) is 0 Å². The molecule has 3 saturated carbocycles. The molecule has 0 amide bonds. The van der Waals surface area contributed by atoms with Crippen LogP contribution in [0.15, 0.2) is 29.5 Å². The zero-order valence-electron chi connectivity index (χ0n) is 18.0. The second-order valence-electron chi connectivity index (χ2n) is 10.4. The summed E-state index contributed by atoms with van der Waals surface area (Å²) in [6.45, 7) is 7.60. The molecule has 4 nitrogen and oxygen atoms in total. The number of aliphatic hydroxyl groups excluding tert-OH is 1. The lowest BCUT2D eigenvalue weighted by atomic mass is 9.48. The lowest BCUT2D eigenvalue weighted by Crippen LogP contribution is -2.50. The van der Waals surface area contributed by atoms with Crippen LogP contribution in [0, 0.1) is 28.6 Å². The van der Waals surface area contributed by atoms with E-state index in [0.29, 0.717) is 23.5 Å². The number of ketones is 1. The van der Waals surface area contributed by atoms with Gasteiger partial charge in [-0.05, 0) is 92.8 Å². The van der Waals surface area contributed by atoms with Crippen molar-refractivity contribution < 1.29 is 9.90 Å². The van der Waals surface area contributed by atoms with Crippen LogP contribution in [0.2, 0.25) is 0 Å². The smallest absolute Gasteiger partial charge is 0.165 e. The summed E-state index contributed by atoms with van der Waals surface area (Å²) in [6.07, 6.45) is 13.3. The number of carbonyl (C=O) groups is 1. The molecule has 0 unspecified atom stereocenters. The molecule has 0 radical (unpaired) electrons. The summed E-state index contributed by atoms with van der Waals surface area (Å²) in [5.41, 5.74) is 3.40. The van der Waals surface area contributed by atoms with Gasteiger partial charge in [-0.2, -0.15) is 5.10 Å². The van der Waals surface area contributed by atoms with Gasteiger partial charge in [0.05, 0.1) is 11.8 Å². The largest absolute Gasteiger partial charge is 0.393 e. The Balaban J connectivity index is 1.46. The summed E-state index contributed by atoms with van der Waals surface area (Å²) < 4.78 is 1.92. The van der Waals surface area contributed by atoms with Crippen LogP contribution in [0.1, 0.15) is 71.4 Å². The number of hydrogen-bond donors (Lipinski definition) is 1. The molecule has 0 bridgehead atoms. The molecule has 4 aliphatic rings. The minimum absolute atomic E-state index is 0.162. The molecule has 6 atom stereocenters. The SMILES string of the molecule is CCn1ccc(/C=C2\C[C@@H]3[C@H]4CC=C5C[C@@H](O)CC[C@]5(C)[C@@H]4CC[C@@]3(C)C2=O)n1. The third-order valence-corrected chi connectivity index (χ3v) is 9.03. The Labute approximate surface area is 174 Å². The quantitative estimate of drug-likeness (QED) is 0.580. The molecule has 0 spiro atoms. The maximum absolute atomic E-state index is 13.5. The van der Waals surface area contributed by atoms with Crippen molar-refractivity contribution in [2.24, 2.45) is 28.6 Å². The minimum atomic E-state index is -0.212. The van der Waals surface area contributed by atoms with Gasteiger partial charge in [-0.3, -0.25) is 9.48 Å². The van der Waals surface area contributed by atoms with E-state index >= 15 is 0 Å². The van der Waals surface area contributed by atoms with E-state index < -0.39 is 0 Å². The number of rotatable bonds is 2. The first kappa shape index (κ1) is 19.3. The Morgan fingerprint density at radius 1 is 1.21 bits per heavy atom. The molecule has 0 aromatic carbocycles. The number of nitrogens with zero attached hydrogens (tertiary/aromatic N) is 2.